The molecule has 1 aromatic rings. The van der Waals surface area contributed by atoms with Crippen LogP contribution in [0.5, 0.6) is 0 Å². The zero-order chi connectivity index (χ0) is 14.8. The Morgan fingerprint density at radius 3 is 2.81 bits per heavy atom. The number of piperazine rings is 1. The number of nitrogens with one attached hydrogen (secondary N) is 1. The van der Waals surface area contributed by atoms with Gasteiger partial charge < -0.3 is 10.2 Å². The molecule has 0 saturated carbocycles. The summed E-state index contributed by atoms with van der Waals surface area (Å²) < 4.78 is 0. The van der Waals surface area contributed by atoms with Gasteiger partial charge in [0.25, 0.3) is 0 Å². The molecule has 0 radical (unpaired) electrons. The molecule has 2 unspecified atom stereocenters. The maximum Gasteiger partial charge on any atom is 0.239 e. The van der Waals surface area contributed by atoms with Crippen molar-refractivity contribution in [1.82, 2.24) is 15.1 Å². The van der Waals surface area contributed by atoms with Gasteiger partial charge in [-0.05, 0) is 31.4 Å². The molecule has 3 rings (SSSR count). The molecule has 1 aromatic carbocycles. The number of benzene rings is 1. The van der Waals surface area contributed by atoms with Crippen LogP contribution in [0.2, 0.25) is 0 Å². The fourth-order valence-corrected chi connectivity index (χ4v) is 3.41. The zero-order valence-electron chi connectivity index (χ0n) is 13.0. The largest absolute Gasteiger partial charge is 0.336 e. The van der Waals surface area contributed by atoms with E-state index in [-0.39, 0.29) is 11.9 Å². The Hall–Kier alpha value is -1.39. The predicted octanol–water partition coefficient (Wildman–Crippen LogP) is 1.25. The van der Waals surface area contributed by atoms with Crippen molar-refractivity contribution in [1.29, 1.82) is 0 Å². The molecule has 2 aliphatic rings. The average molecular weight is 287 g/mol. The van der Waals surface area contributed by atoms with E-state index in [9.17, 15) is 4.79 Å². The number of carbonyl (C=O) groups excluding carboxylic acids is 1. The standard InChI is InChI=1S/C17H25N3O/c1-13-11-18-8-10-20(13)17(21)14(2)19-9-7-15-5-3-4-6-16(15)12-19/h3-6,13-14,18H,7-12H2,1-2H3. The van der Waals surface area contributed by atoms with Crippen molar-refractivity contribution in [3.8, 4) is 0 Å². The Balaban J connectivity index is 1.68. The number of hydrogen-bond donors (Lipinski definition) is 1. The summed E-state index contributed by atoms with van der Waals surface area (Å²) in [5.74, 6) is 0.281. The smallest absolute Gasteiger partial charge is 0.239 e. The van der Waals surface area contributed by atoms with E-state index in [1.165, 1.54) is 11.1 Å². The van der Waals surface area contributed by atoms with Gasteiger partial charge >= 0.3 is 0 Å². The highest BCUT2D eigenvalue weighted by Gasteiger charge is 2.31. The molecule has 2 heterocycles. The van der Waals surface area contributed by atoms with Crippen LogP contribution in [0.1, 0.15) is 25.0 Å². The fraction of sp³-hybridized carbons (Fsp3) is 0.588. The molecule has 2 atom stereocenters. The van der Waals surface area contributed by atoms with E-state index >= 15 is 0 Å². The van der Waals surface area contributed by atoms with Crippen LogP contribution in [0.4, 0.5) is 0 Å². The van der Waals surface area contributed by atoms with Gasteiger partial charge in [-0.25, -0.2) is 0 Å². The number of carbonyl (C=O) groups is 1. The molecular weight excluding hydrogens is 262 g/mol. The van der Waals surface area contributed by atoms with Gasteiger partial charge in [0.2, 0.25) is 5.91 Å². The summed E-state index contributed by atoms with van der Waals surface area (Å²) in [6, 6.07) is 8.85. The highest BCUT2D eigenvalue weighted by atomic mass is 16.2. The number of amides is 1. The van der Waals surface area contributed by atoms with Crippen LogP contribution in [0.15, 0.2) is 24.3 Å². The van der Waals surface area contributed by atoms with Crippen molar-refractivity contribution < 1.29 is 4.79 Å². The number of rotatable bonds is 2. The molecule has 0 aromatic heterocycles. The lowest BCUT2D eigenvalue weighted by molar-refractivity contribution is -0.139. The first-order valence-electron chi connectivity index (χ1n) is 7.99. The Morgan fingerprint density at radius 1 is 1.29 bits per heavy atom. The maximum absolute atomic E-state index is 12.8. The second-order valence-electron chi connectivity index (χ2n) is 6.25. The Bertz CT molecular complexity index is 517. The summed E-state index contributed by atoms with van der Waals surface area (Å²) >= 11 is 0. The second-order valence-corrected chi connectivity index (χ2v) is 6.25. The Labute approximate surface area is 127 Å². The van der Waals surface area contributed by atoms with Gasteiger partial charge in [0, 0.05) is 38.8 Å². The Kier molecular flexibility index (Phi) is 4.27. The van der Waals surface area contributed by atoms with Crippen LogP contribution in [-0.2, 0) is 17.8 Å². The Morgan fingerprint density at radius 2 is 2.05 bits per heavy atom. The minimum Gasteiger partial charge on any atom is -0.336 e. The molecule has 1 fully saturated rings. The third kappa shape index (κ3) is 2.97. The summed E-state index contributed by atoms with van der Waals surface area (Å²) in [4.78, 5) is 17.1. The number of fused-ring (bicyclic) bond motifs is 1. The van der Waals surface area contributed by atoms with Gasteiger partial charge in [0.05, 0.1) is 6.04 Å². The topological polar surface area (TPSA) is 35.6 Å². The van der Waals surface area contributed by atoms with E-state index in [0.29, 0.717) is 6.04 Å². The molecule has 4 heteroatoms. The lowest BCUT2D eigenvalue weighted by Gasteiger charge is -2.39. The van der Waals surface area contributed by atoms with E-state index in [1.807, 2.05) is 4.90 Å². The van der Waals surface area contributed by atoms with E-state index in [1.54, 1.807) is 0 Å². The van der Waals surface area contributed by atoms with Crippen LogP contribution in [-0.4, -0.2) is 54.0 Å². The molecule has 0 bridgehead atoms. The van der Waals surface area contributed by atoms with Gasteiger partial charge in [0.15, 0.2) is 0 Å². The van der Waals surface area contributed by atoms with Crippen LogP contribution >= 0.6 is 0 Å². The van der Waals surface area contributed by atoms with Crippen molar-refractivity contribution in [3.05, 3.63) is 35.4 Å². The van der Waals surface area contributed by atoms with Gasteiger partial charge in [-0.2, -0.15) is 0 Å². The van der Waals surface area contributed by atoms with E-state index < -0.39 is 0 Å². The molecule has 0 spiro atoms. The minimum absolute atomic E-state index is 0.0288. The molecule has 1 amide bonds. The summed E-state index contributed by atoms with van der Waals surface area (Å²) in [7, 11) is 0. The zero-order valence-corrected chi connectivity index (χ0v) is 13.0. The first kappa shape index (κ1) is 14.5. The highest BCUT2D eigenvalue weighted by Crippen LogP contribution is 2.21. The quantitative estimate of drug-likeness (QED) is 0.889. The normalized spacial score (nSPS) is 24.5. The third-order valence-electron chi connectivity index (χ3n) is 4.85. The van der Waals surface area contributed by atoms with Gasteiger partial charge in [0.1, 0.15) is 0 Å². The molecule has 1 saturated heterocycles. The van der Waals surface area contributed by atoms with Gasteiger partial charge in [-0.3, -0.25) is 9.69 Å². The van der Waals surface area contributed by atoms with E-state index in [2.05, 4.69) is 48.3 Å². The minimum atomic E-state index is -0.0288. The van der Waals surface area contributed by atoms with Crippen LogP contribution < -0.4 is 5.32 Å². The maximum atomic E-state index is 12.8. The molecule has 21 heavy (non-hydrogen) atoms. The monoisotopic (exact) mass is 287 g/mol. The number of nitrogens with zero attached hydrogens (tertiary/aromatic N) is 2. The molecule has 4 nitrogen and oxygen atoms in total. The predicted molar refractivity (Wildman–Crippen MR) is 84.1 cm³/mol. The van der Waals surface area contributed by atoms with Crippen molar-refractivity contribution in [2.24, 2.45) is 0 Å². The summed E-state index contributed by atoms with van der Waals surface area (Å²) in [6.07, 6.45) is 1.05. The van der Waals surface area contributed by atoms with E-state index in [4.69, 9.17) is 0 Å². The van der Waals surface area contributed by atoms with Gasteiger partial charge in [-0.1, -0.05) is 24.3 Å². The second kappa shape index (κ2) is 6.16. The summed E-state index contributed by atoms with van der Waals surface area (Å²) in [6.45, 7) is 8.70. The van der Waals surface area contributed by atoms with Crippen molar-refractivity contribution in [3.63, 3.8) is 0 Å². The average Bonchev–Trinajstić information content (AvgIpc) is 2.53. The SMILES string of the molecule is CC(C(=O)N1CCNCC1C)N1CCc2ccccc2C1. The lowest BCUT2D eigenvalue weighted by Crippen LogP contribution is -2.57. The first-order valence-corrected chi connectivity index (χ1v) is 7.99. The van der Waals surface area contributed by atoms with Crippen molar-refractivity contribution in [2.75, 3.05) is 26.2 Å². The molecule has 114 valence electrons. The van der Waals surface area contributed by atoms with Crippen LogP contribution in [0.3, 0.4) is 0 Å². The lowest BCUT2D eigenvalue weighted by atomic mass is 9.98. The number of hydrogen-bond acceptors (Lipinski definition) is 3. The highest BCUT2D eigenvalue weighted by molar-refractivity contribution is 5.82. The molecule has 0 aliphatic carbocycles. The molecule has 2 aliphatic heterocycles. The first-order chi connectivity index (χ1) is 10.2. The van der Waals surface area contributed by atoms with Crippen molar-refractivity contribution >= 4 is 5.91 Å². The van der Waals surface area contributed by atoms with Crippen LogP contribution in [0.25, 0.3) is 0 Å². The third-order valence-corrected chi connectivity index (χ3v) is 4.85. The molecular formula is C17H25N3O. The molecule has 1 N–H and O–H groups in total. The fourth-order valence-electron chi connectivity index (χ4n) is 3.41. The van der Waals surface area contributed by atoms with Gasteiger partial charge in [-0.15, -0.1) is 0 Å². The summed E-state index contributed by atoms with van der Waals surface area (Å²) in [5.41, 5.74) is 2.81. The van der Waals surface area contributed by atoms with Crippen molar-refractivity contribution in [2.45, 2.75) is 38.9 Å². The summed E-state index contributed by atoms with van der Waals surface area (Å²) in [5, 5.41) is 3.34. The van der Waals surface area contributed by atoms with Crippen LogP contribution in [0, 0.1) is 0 Å². The van der Waals surface area contributed by atoms with E-state index in [0.717, 1.165) is 39.1 Å².